The van der Waals surface area contributed by atoms with E-state index in [9.17, 15) is 4.79 Å². The summed E-state index contributed by atoms with van der Waals surface area (Å²) < 4.78 is 0. The Morgan fingerprint density at radius 1 is 1.12 bits per heavy atom. The van der Waals surface area contributed by atoms with Crippen LogP contribution < -0.4 is 16.0 Å². The van der Waals surface area contributed by atoms with Gasteiger partial charge in [-0.05, 0) is 73.8 Å². The van der Waals surface area contributed by atoms with Crippen LogP contribution in [0.15, 0.2) is 41.1 Å². The predicted molar refractivity (Wildman–Crippen MR) is 110 cm³/mol. The molecule has 5 nitrogen and oxygen atoms in total. The van der Waals surface area contributed by atoms with Gasteiger partial charge in [0.25, 0.3) is 0 Å². The molecule has 26 heavy (non-hydrogen) atoms. The van der Waals surface area contributed by atoms with Crippen LogP contribution in [0.3, 0.4) is 0 Å². The Morgan fingerprint density at radius 3 is 2.35 bits per heavy atom. The molecule has 0 radical (unpaired) electrons. The van der Waals surface area contributed by atoms with E-state index < -0.39 is 0 Å². The van der Waals surface area contributed by atoms with Gasteiger partial charge in [-0.15, -0.1) is 0 Å². The molecule has 0 unspecified atom stereocenters. The number of hydrogen-bond donors (Lipinski definition) is 4. The van der Waals surface area contributed by atoms with Crippen LogP contribution in [0.25, 0.3) is 0 Å². The van der Waals surface area contributed by atoms with E-state index in [2.05, 4.69) is 39.7 Å². The molecule has 0 saturated carbocycles. The van der Waals surface area contributed by atoms with Crippen LogP contribution in [0.1, 0.15) is 31.9 Å². The van der Waals surface area contributed by atoms with Gasteiger partial charge in [0.2, 0.25) is 0 Å². The predicted octanol–water partition coefficient (Wildman–Crippen LogP) is 3.54. The van der Waals surface area contributed by atoms with Gasteiger partial charge in [0.1, 0.15) is 5.75 Å². The van der Waals surface area contributed by atoms with E-state index in [1.807, 2.05) is 33.0 Å². The first-order valence-corrected chi connectivity index (χ1v) is 9.80. The van der Waals surface area contributed by atoms with E-state index in [1.165, 1.54) is 11.1 Å². The molecule has 0 aliphatic rings. The number of likely N-dealkylation sites (N-methyl/N-ethyl adjacent to an activating group) is 1. The Kier molecular flexibility index (Phi) is 9.76. The van der Waals surface area contributed by atoms with Gasteiger partial charge in [0.15, 0.2) is 0 Å². The number of nitrogens with one attached hydrogen (secondary N) is 3. The summed E-state index contributed by atoms with van der Waals surface area (Å²) in [6.07, 6.45) is 1.87. The number of aromatic hydroxyl groups is 1. The van der Waals surface area contributed by atoms with Crippen molar-refractivity contribution in [3.8, 4) is 5.75 Å². The molecule has 0 saturated heterocycles. The molecule has 6 heteroatoms. The van der Waals surface area contributed by atoms with Crippen LogP contribution in [0.2, 0.25) is 0 Å². The normalized spacial score (nSPS) is 10.6. The van der Waals surface area contributed by atoms with Gasteiger partial charge in [0.05, 0.1) is 0 Å². The van der Waals surface area contributed by atoms with Crippen molar-refractivity contribution < 1.29 is 9.90 Å². The van der Waals surface area contributed by atoms with Crippen molar-refractivity contribution in [1.82, 2.24) is 16.0 Å². The smallest absolute Gasteiger partial charge is 0.315 e. The van der Waals surface area contributed by atoms with Crippen molar-refractivity contribution in [2.45, 2.75) is 39.2 Å². The highest BCUT2D eigenvalue weighted by molar-refractivity contribution is 7.07. The molecule has 0 fully saturated rings. The van der Waals surface area contributed by atoms with Crippen molar-refractivity contribution in [3.05, 3.63) is 52.2 Å². The third-order valence-electron chi connectivity index (χ3n) is 3.68. The fraction of sp³-hybridized carbons (Fsp3) is 0.450. The van der Waals surface area contributed by atoms with E-state index in [-0.39, 0.29) is 11.6 Å². The highest BCUT2D eigenvalue weighted by Crippen LogP contribution is 2.15. The number of amides is 2. The second-order valence-electron chi connectivity index (χ2n) is 6.70. The van der Waals surface area contributed by atoms with Gasteiger partial charge in [0, 0.05) is 18.6 Å². The molecular weight excluding hydrogens is 346 g/mol. The lowest BCUT2D eigenvalue weighted by molar-refractivity contribution is 0.229. The SMILES string of the molecule is CCc1ccc(O)cc1.CNCCNC(=O)NC(C)(C)Cc1ccsc1. The van der Waals surface area contributed by atoms with Gasteiger partial charge in [-0.3, -0.25) is 0 Å². The molecule has 2 rings (SSSR count). The Labute approximate surface area is 160 Å². The number of benzene rings is 1. The van der Waals surface area contributed by atoms with Gasteiger partial charge in [-0.1, -0.05) is 19.1 Å². The number of phenolic OH excluding ortho intramolecular Hbond substituents is 1. The van der Waals surface area contributed by atoms with Crippen molar-refractivity contribution in [2.75, 3.05) is 20.1 Å². The largest absolute Gasteiger partial charge is 0.508 e. The summed E-state index contributed by atoms with van der Waals surface area (Å²) in [6, 6.07) is 9.25. The molecule has 0 aliphatic heterocycles. The lowest BCUT2D eigenvalue weighted by Crippen LogP contribution is -2.50. The third kappa shape index (κ3) is 9.44. The van der Waals surface area contributed by atoms with Gasteiger partial charge in [-0.25, -0.2) is 4.79 Å². The number of thiophene rings is 1. The molecular formula is C20H31N3O2S. The average Bonchev–Trinajstić information content (AvgIpc) is 3.08. The van der Waals surface area contributed by atoms with Crippen LogP contribution in [0.4, 0.5) is 4.79 Å². The van der Waals surface area contributed by atoms with E-state index >= 15 is 0 Å². The Hall–Kier alpha value is -2.05. The first-order chi connectivity index (χ1) is 12.4. The van der Waals surface area contributed by atoms with Gasteiger partial charge in [-0.2, -0.15) is 11.3 Å². The second kappa shape index (κ2) is 11.5. The van der Waals surface area contributed by atoms with Crippen molar-refractivity contribution in [2.24, 2.45) is 0 Å². The Balaban J connectivity index is 0.000000314. The maximum atomic E-state index is 11.6. The number of hydrogen-bond acceptors (Lipinski definition) is 4. The fourth-order valence-corrected chi connectivity index (χ4v) is 3.00. The highest BCUT2D eigenvalue weighted by atomic mass is 32.1. The number of urea groups is 1. The molecule has 0 bridgehead atoms. The zero-order chi connectivity index (χ0) is 19.4. The molecule has 2 aromatic rings. The number of phenols is 1. The average molecular weight is 378 g/mol. The molecule has 0 atom stereocenters. The van der Waals surface area contributed by atoms with Crippen molar-refractivity contribution in [3.63, 3.8) is 0 Å². The molecule has 0 spiro atoms. The first kappa shape index (κ1) is 22.0. The topological polar surface area (TPSA) is 73.4 Å². The van der Waals surface area contributed by atoms with Crippen LogP contribution in [-0.2, 0) is 12.8 Å². The quantitative estimate of drug-likeness (QED) is 0.558. The second-order valence-corrected chi connectivity index (χ2v) is 7.48. The van der Waals surface area contributed by atoms with Crippen LogP contribution in [0, 0.1) is 0 Å². The maximum Gasteiger partial charge on any atom is 0.315 e. The zero-order valence-corrected chi connectivity index (χ0v) is 17.0. The van der Waals surface area contributed by atoms with Crippen LogP contribution in [0.5, 0.6) is 5.75 Å². The summed E-state index contributed by atoms with van der Waals surface area (Å²) in [7, 11) is 1.86. The number of aryl methyl sites for hydroxylation is 1. The monoisotopic (exact) mass is 377 g/mol. The summed E-state index contributed by atoms with van der Waals surface area (Å²) in [5, 5.41) is 21.8. The summed E-state index contributed by atoms with van der Waals surface area (Å²) >= 11 is 1.68. The molecule has 1 heterocycles. The van der Waals surface area contributed by atoms with Gasteiger partial charge < -0.3 is 21.1 Å². The summed E-state index contributed by atoms with van der Waals surface area (Å²) in [5.41, 5.74) is 2.29. The Bertz CT molecular complexity index is 625. The van der Waals surface area contributed by atoms with Crippen LogP contribution in [-0.4, -0.2) is 36.8 Å². The molecule has 0 aliphatic carbocycles. The van der Waals surface area contributed by atoms with E-state index in [4.69, 9.17) is 5.11 Å². The summed E-state index contributed by atoms with van der Waals surface area (Å²) in [6.45, 7) is 7.56. The fourth-order valence-electron chi connectivity index (χ4n) is 2.33. The Morgan fingerprint density at radius 2 is 1.81 bits per heavy atom. The summed E-state index contributed by atoms with van der Waals surface area (Å²) in [5.74, 6) is 0.340. The number of rotatable bonds is 7. The first-order valence-electron chi connectivity index (χ1n) is 8.86. The highest BCUT2D eigenvalue weighted by Gasteiger charge is 2.20. The van der Waals surface area contributed by atoms with E-state index in [0.717, 1.165) is 19.4 Å². The van der Waals surface area contributed by atoms with E-state index in [1.54, 1.807) is 23.5 Å². The van der Waals surface area contributed by atoms with Crippen molar-refractivity contribution in [1.29, 1.82) is 0 Å². The maximum absolute atomic E-state index is 11.6. The standard InChI is InChI=1S/C12H21N3OS.C8H10O/c1-12(2,8-10-4-7-17-9-10)15-11(16)14-6-5-13-3;1-2-7-3-5-8(9)6-4-7/h4,7,9,13H,5-6,8H2,1-3H3,(H2,14,15,16);3-6,9H,2H2,1H3. The minimum absolute atomic E-state index is 0.111. The minimum Gasteiger partial charge on any atom is -0.508 e. The molecule has 1 aromatic carbocycles. The van der Waals surface area contributed by atoms with Crippen molar-refractivity contribution >= 4 is 17.4 Å². The molecule has 1 aromatic heterocycles. The molecule has 144 valence electrons. The van der Waals surface area contributed by atoms with Crippen LogP contribution >= 0.6 is 11.3 Å². The minimum atomic E-state index is -0.231. The number of carbonyl (C=O) groups excluding carboxylic acids is 1. The number of carbonyl (C=O) groups is 1. The van der Waals surface area contributed by atoms with Gasteiger partial charge >= 0.3 is 6.03 Å². The summed E-state index contributed by atoms with van der Waals surface area (Å²) in [4.78, 5) is 11.6. The molecule has 4 N–H and O–H groups in total. The molecule has 2 amide bonds. The lowest BCUT2D eigenvalue weighted by atomic mass is 9.97. The zero-order valence-electron chi connectivity index (χ0n) is 16.1. The third-order valence-corrected chi connectivity index (χ3v) is 4.42. The van der Waals surface area contributed by atoms with E-state index in [0.29, 0.717) is 12.3 Å². The lowest BCUT2D eigenvalue weighted by Gasteiger charge is -2.26.